The van der Waals surface area contributed by atoms with E-state index in [4.69, 9.17) is 9.16 Å². The van der Waals surface area contributed by atoms with Crippen LogP contribution in [0.5, 0.6) is 0 Å². The minimum Gasteiger partial charge on any atom is -0.405 e. The molecular formula is C24H33FO3Si. The zero-order valence-electron chi connectivity index (χ0n) is 18.3. The molecule has 2 aromatic rings. The number of hydrogen-bond donors (Lipinski definition) is 1. The highest BCUT2D eigenvalue weighted by Crippen LogP contribution is 2.44. The van der Waals surface area contributed by atoms with Crippen molar-refractivity contribution in [2.24, 2.45) is 0 Å². The molecule has 29 heavy (non-hydrogen) atoms. The van der Waals surface area contributed by atoms with Gasteiger partial charge in [-0.05, 0) is 36.2 Å². The highest BCUT2D eigenvalue weighted by Gasteiger charge is 2.61. The number of halogens is 1. The van der Waals surface area contributed by atoms with Gasteiger partial charge in [0.1, 0.15) is 11.7 Å². The molecule has 3 rings (SSSR count). The van der Waals surface area contributed by atoms with Crippen LogP contribution < -0.4 is 10.4 Å². The van der Waals surface area contributed by atoms with Gasteiger partial charge in [-0.1, -0.05) is 81.4 Å². The Labute approximate surface area is 175 Å². The van der Waals surface area contributed by atoms with Crippen LogP contribution in [0.1, 0.15) is 41.5 Å². The second-order valence-corrected chi connectivity index (χ2v) is 13.8. The van der Waals surface area contributed by atoms with Crippen molar-refractivity contribution in [2.75, 3.05) is 6.61 Å². The van der Waals surface area contributed by atoms with Crippen molar-refractivity contribution in [1.82, 2.24) is 0 Å². The standard InChI is InChI=1S/C24H33FO3Si/c1-18-23(5,25)24(6,26)21(28-18)17-27-29(22(2,3)4,19-13-9-7-10-14-19)20-15-11-8-12-16-20/h7-16,18,21,26H,17H2,1-6H3. The lowest BCUT2D eigenvalue weighted by atomic mass is 9.83. The number of benzene rings is 2. The lowest BCUT2D eigenvalue weighted by molar-refractivity contribution is -0.0870. The Balaban J connectivity index is 2.06. The molecular weight excluding hydrogens is 383 g/mol. The van der Waals surface area contributed by atoms with Crippen molar-refractivity contribution in [2.45, 2.75) is 70.1 Å². The first-order valence-corrected chi connectivity index (χ1v) is 12.2. The van der Waals surface area contributed by atoms with Crippen LogP contribution in [0.3, 0.4) is 0 Å². The van der Waals surface area contributed by atoms with Gasteiger partial charge in [0.15, 0.2) is 5.67 Å². The third kappa shape index (κ3) is 3.59. The fraction of sp³-hybridized carbons (Fsp3) is 0.500. The summed E-state index contributed by atoms with van der Waals surface area (Å²) < 4.78 is 27.8. The van der Waals surface area contributed by atoms with Crippen molar-refractivity contribution in [3.63, 3.8) is 0 Å². The smallest absolute Gasteiger partial charge is 0.261 e. The van der Waals surface area contributed by atoms with E-state index in [0.717, 1.165) is 10.4 Å². The summed E-state index contributed by atoms with van der Waals surface area (Å²) in [5, 5.41) is 13.0. The zero-order valence-corrected chi connectivity index (χ0v) is 19.3. The van der Waals surface area contributed by atoms with Crippen LogP contribution in [0.4, 0.5) is 4.39 Å². The number of aliphatic hydroxyl groups is 1. The summed E-state index contributed by atoms with van der Waals surface area (Å²) in [5.41, 5.74) is -3.47. The molecule has 0 aromatic heterocycles. The van der Waals surface area contributed by atoms with Gasteiger partial charge in [0.05, 0.1) is 12.7 Å². The topological polar surface area (TPSA) is 38.7 Å². The fourth-order valence-electron chi connectivity index (χ4n) is 4.40. The summed E-state index contributed by atoms with van der Waals surface area (Å²) in [6.07, 6.45) is -1.44. The summed E-state index contributed by atoms with van der Waals surface area (Å²) in [6.45, 7) is 11.3. The van der Waals surface area contributed by atoms with E-state index in [1.807, 2.05) is 36.4 Å². The maximum atomic E-state index is 15.1. The maximum absolute atomic E-state index is 15.1. The summed E-state index contributed by atoms with van der Waals surface area (Å²) in [5.74, 6) is 0. The van der Waals surface area contributed by atoms with Gasteiger partial charge in [-0.2, -0.15) is 0 Å². The van der Waals surface area contributed by atoms with E-state index in [1.54, 1.807) is 6.92 Å². The molecule has 1 saturated heterocycles. The molecule has 0 radical (unpaired) electrons. The highest BCUT2D eigenvalue weighted by atomic mass is 28.4. The minimum absolute atomic E-state index is 0.129. The molecule has 1 aliphatic rings. The Morgan fingerprint density at radius 1 is 1.00 bits per heavy atom. The number of hydrogen-bond acceptors (Lipinski definition) is 3. The summed E-state index contributed by atoms with van der Waals surface area (Å²) in [7, 11) is -2.76. The van der Waals surface area contributed by atoms with E-state index in [-0.39, 0.29) is 11.6 Å². The zero-order chi connectivity index (χ0) is 21.5. The van der Waals surface area contributed by atoms with Gasteiger partial charge in [0.25, 0.3) is 8.32 Å². The first-order valence-electron chi connectivity index (χ1n) is 10.3. The molecule has 4 atom stereocenters. The Morgan fingerprint density at radius 3 is 1.79 bits per heavy atom. The predicted octanol–water partition coefficient (Wildman–Crippen LogP) is 3.83. The monoisotopic (exact) mass is 416 g/mol. The van der Waals surface area contributed by atoms with Gasteiger partial charge in [0.2, 0.25) is 0 Å². The van der Waals surface area contributed by atoms with E-state index in [9.17, 15) is 5.11 Å². The predicted molar refractivity (Wildman–Crippen MR) is 118 cm³/mol. The third-order valence-corrected chi connectivity index (χ3v) is 11.6. The van der Waals surface area contributed by atoms with Crippen LogP contribution in [0.25, 0.3) is 0 Å². The molecule has 0 bridgehead atoms. The molecule has 0 amide bonds. The Hall–Kier alpha value is -1.53. The molecule has 1 N–H and O–H groups in total. The average molecular weight is 417 g/mol. The Bertz CT molecular complexity index is 776. The van der Waals surface area contributed by atoms with E-state index in [0.29, 0.717) is 0 Å². The Morgan fingerprint density at radius 2 is 1.45 bits per heavy atom. The molecule has 0 spiro atoms. The van der Waals surface area contributed by atoms with Gasteiger partial charge in [-0.25, -0.2) is 4.39 Å². The van der Waals surface area contributed by atoms with Crippen LogP contribution in [-0.2, 0) is 9.16 Å². The third-order valence-electron chi connectivity index (χ3n) is 6.62. The van der Waals surface area contributed by atoms with Crippen molar-refractivity contribution < 1.29 is 18.7 Å². The average Bonchev–Trinajstić information content (AvgIpc) is 2.82. The van der Waals surface area contributed by atoms with E-state index in [1.165, 1.54) is 13.8 Å². The van der Waals surface area contributed by atoms with Gasteiger partial charge in [-0.3, -0.25) is 0 Å². The van der Waals surface area contributed by atoms with Gasteiger partial charge in [-0.15, -0.1) is 0 Å². The number of alkyl halides is 1. The van der Waals surface area contributed by atoms with Crippen molar-refractivity contribution in [1.29, 1.82) is 0 Å². The van der Waals surface area contributed by atoms with Gasteiger partial charge in [0, 0.05) is 0 Å². The second-order valence-electron chi connectivity index (χ2n) is 9.46. The molecule has 0 saturated carbocycles. The van der Waals surface area contributed by atoms with E-state index < -0.39 is 31.8 Å². The normalized spacial score (nSPS) is 30.5. The fourth-order valence-corrected chi connectivity index (χ4v) is 8.95. The Kier molecular flexibility index (Phi) is 5.82. The maximum Gasteiger partial charge on any atom is 0.261 e. The van der Waals surface area contributed by atoms with Crippen LogP contribution in [0.2, 0.25) is 5.04 Å². The first-order chi connectivity index (χ1) is 13.4. The minimum atomic E-state index is -2.76. The summed E-state index contributed by atoms with van der Waals surface area (Å²) >= 11 is 0. The van der Waals surface area contributed by atoms with Gasteiger partial charge < -0.3 is 14.3 Å². The van der Waals surface area contributed by atoms with Crippen molar-refractivity contribution >= 4 is 18.7 Å². The molecule has 158 valence electrons. The molecule has 1 fully saturated rings. The SMILES string of the molecule is CC1OC(CO[Si](c2ccccc2)(c2ccccc2)C(C)(C)C)C(C)(O)C1(C)F. The molecule has 0 aliphatic carbocycles. The lowest BCUT2D eigenvalue weighted by Crippen LogP contribution is -2.67. The largest absolute Gasteiger partial charge is 0.405 e. The number of rotatable bonds is 5. The van der Waals surface area contributed by atoms with E-state index in [2.05, 4.69) is 45.0 Å². The van der Waals surface area contributed by atoms with Crippen molar-refractivity contribution in [3.05, 3.63) is 60.7 Å². The molecule has 4 unspecified atom stereocenters. The van der Waals surface area contributed by atoms with Gasteiger partial charge >= 0.3 is 0 Å². The summed E-state index contributed by atoms with van der Waals surface area (Å²) in [4.78, 5) is 0. The van der Waals surface area contributed by atoms with E-state index >= 15 is 4.39 Å². The van der Waals surface area contributed by atoms with Crippen LogP contribution in [-0.4, -0.2) is 43.5 Å². The molecule has 2 aromatic carbocycles. The molecule has 5 heteroatoms. The highest BCUT2D eigenvalue weighted by molar-refractivity contribution is 6.99. The summed E-state index contributed by atoms with van der Waals surface area (Å²) in [6, 6.07) is 20.5. The van der Waals surface area contributed by atoms with Crippen LogP contribution in [0.15, 0.2) is 60.7 Å². The molecule has 3 nitrogen and oxygen atoms in total. The molecule has 1 aliphatic heterocycles. The first kappa shape index (κ1) is 22.2. The van der Waals surface area contributed by atoms with Crippen molar-refractivity contribution in [3.8, 4) is 0 Å². The number of ether oxygens (including phenoxy) is 1. The second kappa shape index (κ2) is 7.62. The lowest BCUT2D eigenvalue weighted by Gasteiger charge is -2.44. The quantitative estimate of drug-likeness (QED) is 0.753. The van der Waals surface area contributed by atoms with Crippen LogP contribution >= 0.6 is 0 Å². The van der Waals surface area contributed by atoms with Crippen LogP contribution in [0, 0.1) is 0 Å². The molecule has 1 heterocycles.